The van der Waals surface area contributed by atoms with Crippen LogP contribution in [0, 0.1) is 0 Å². The number of hydrogen-bond donors (Lipinski definition) is 3. The number of benzene rings is 1. The van der Waals surface area contributed by atoms with Crippen LogP contribution >= 0.6 is 11.8 Å². The van der Waals surface area contributed by atoms with Gasteiger partial charge in [-0.2, -0.15) is 0 Å². The predicted molar refractivity (Wildman–Crippen MR) is 89.0 cm³/mol. The van der Waals surface area contributed by atoms with Crippen molar-refractivity contribution >= 4 is 35.5 Å². The number of aliphatic carboxylic acids is 2. The summed E-state index contributed by atoms with van der Waals surface area (Å²) in [7, 11) is 1.18. The quantitative estimate of drug-likeness (QED) is 0.373. The molecule has 0 spiro atoms. The molecule has 2 heterocycles. The second-order valence-electron chi connectivity index (χ2n) is 5.60. The minimum atomic E-state index is -2.55. The van der Waals surface area contributed by atoms with Gasteiger partial charge in [0, 0.05) is 12.7 Å². The van der Waals surface area contributed by atoms with E-state index >= 15 is 0 Å². The van der Waals surface area contributed by atoms with Crippen LogP contribution in [0.5, 0.6) is 0 Å². The summed E-state index contributed by atoms with van der Waals surface area (Å²) in [5.74, 6) is -4.97. The van der Waals surface area contributed by atoms with Crippen molar-refractivity contribution in [2.24, 2.45) is 0 Å². The molecular formula is C16H14N2O7S. The van der Waals surface area contributed by atoms with Gasteiger partial charge in [0.05, 0.1) is 0 Å². The highest BCUT2D eigenvalue weighted by Crippen LogP contribution is 2.48. The number of carboxylic acids is 2. The lowest BCUT2D eigenvalue weighted by Gasteiger charge is -2.58. The molecule has 2 aliphatic rings. The fourth-order valence-electron chi connectivity index (χ4n) is 2.93. The molecule has 1 aromatic carbocycles. The zero-order valence-electron chi connectivity index (χ0n) is 13.4. The van der Waals surface area contributed by atoms with E-state index < -0.39 is 40.4 Å². The Labute approximate surface area is 151 Å². The summed E-state index contributed by atoms with van der Waals surface area (Å²) in [4.78, 5) is 49.1. The van der Waals surface area contributed by atoms with E-state index in [2.05, 4.69) is 5.32 Å². The van der Waals surface area contributed by atoms with Crippen LogP contribution in [0.25, 0.3) is 0 Å². The van der Waals surface area contributed by atoms with Crippen molar-refractivity contribution < 1.29 is 34.1 Å². The van der Waals surface area contributed by atoms with Crippen molar-refractivity contribution in [1.29, 1.82) is 0 Å². The summed E-state index contributed by atoms with van der Waals surface area (Å²) < 4.78 is 5.24. The molecule has 9 nitrogen and oxygen atoms in total. The number of carbonyl (C=O) groups is 4. The lowest BCUT2D eigenvalue weighted by atomic mass is 9.88. The maximum Gasteiger partial charge on any atom is 0.345 e. The first-order chi connectivity index (χ1) is 12.3. The molecule has 10 heteroatoms. The maximum atomic E-state index is 12.8. The van der Waals surface area contributed by atoms with Gasteiger partial charge in [0.2, 0.25) is 0 Å². The molecule has 26 heavy (non-hydrogen) atoms. The number of nitrogens with one attached hydrogen (secondary N) is 1. The van der Waals surface area contributed by atoms with Crippen LogP contribution in [0.1, 0.15) is 10.4 Å². The highest BCUT2D eigenvalue weighted by atomic mass is 32.2. The largest absolute Gasteiger partial charge is 0.479 e. The molecule has 2 atom stereocenters. The maximum absolute atomic E-state index is 12.8. The van der Waals surface area contributed by atoms with Crippen molar-refractivity contribution in [3.8, 4) is 0 Å². The Morgan fingerprint density at radius 1 is 1.19 bits per heavy atom. The number of β-lactam (4-membered cyclic amide) rings is 1. The Balaban J connectivity index is 1.96. The van der Waals surface area contributed by atoms with E-state index in [0.29, 0.717) is 4.90 Å². The summed E-state index contributed by atoms with van der Waals surface area (Å²) >= 11 is 0.981. The second kappa shape index (κ2) is 6.15. The lowest BCUT2D eigenvalue weighted by molar-refractivity contribution is -0.209. The van der Waals surface area contributed by atoms with E-state index in [1.54, 1.807) is 18.2 Å². The molecule has 0 bridgehead atoms. The molecule has 3 rings (SSSR count). The van der Waals surface area contributed by atoms with E-state index in [1.165, 1.54) is 24.7 Å². The molecule has 1 fully saturated rings. The third-order valence-electron chi connectivity index (χ3n) is 4.32. The number of thioether (sulfide) groups is 1. The summed E-state index contributed by atoms with van der Waals surface area (Å²) in [5, 5.41) is 21.6. The number of hydrogen-bond acceptors (Lipinski definition) is 6. The standard InChI is InChI=1S/C16H14N2O7S/c1-25-16(17-10(19)9-5-3-2-4-6-9)11(20)18-12(16)26-8-7-15(18,13(21)22)14(23)24/h2-8,12H,1H3,(H,17,19)(H,21,22)(H,23,24). The third kappa shape index (κ3) is 2.22. The van der Waals surface area contributed by atoms with Crippen molar-refractivity contribution in [2.45, 2.75) is 16.6 Å². The molecule has 1 saturated heterocycles. The molecule has 1 aromatic rings. The first-order valence-electron chi connectivity index (χ1n) is 7.37. The van der Waals surface area contributed by atoms with Crippen LogP contribution in [-0.2, 0) is 19.1 Å². The predicted octanol–water partition coefficient (Wildman–Crippen LogP) is 0.0959. The van der Waals surface area contributed by atoms with E-state index in [-0.39, 0.29) is 5.56 Å². The zero-order valence-corrected chi connectivity index (χ0v) is 14.2. The van der Waals surface area contributed by atoms with Gasteiger partial charge >= 0.3 is 11.9 Å². The van der Waals surface area contributed by atoms with Crippen molar-refractivity contribution in [3.05, 3.63) is 47.4 Å². The van der Waals surface area contributed by atoms with Crippen LogP contribution in [0.3, 0.4) is 0 Å². The van der Waals surface area contributed by atoms with Crippen molar-refractivity contribution in [3.63, 3.8) is 0 Å². The van der Waals surface area contributed by atoms with Crippen molar-refractivity contribution in [2.75, 3.05) is 7.11 Å². The number of carboxylic acid groups (broad SMARTS) is 2. The fraction of sp³-hybridized carbons (Fsp3) is 0.250. The number of rotatable bonds is 5. The first-order valence-corrected chi connectivity index (χ1v) is 8.32. The lowest BCUT2D eigenvalue weighted by Crippen LogP contribution is -2.86. The number of carbonyl (C=O) groups excluding carboxylic acids is 2. The minimum absolute atomic E-state index is 0.272. The van der Waals surface area contributed by atoms with Gasteiger partial charge in [0.1, 0.15) is 5.37 Å². The second-order valence-corrected chi connectivity index (χ2v) is 6.59. The molecule has 0 saturated carbocycles. The molecular weight excluding hydrogens is 364 g/mol. The third-order valence-corrected chi connectivity index (χ3v) is 5.42. The summed E-state index contributed by atoms with van der Waals surface area (Å²) in [6.07, 6.45) is 0.926. The molecule has 136 valence electrons. The number of amides is 2. The van der Waals surface area contributed by atoms with Gasteiger partial charge in [0.15, 0.2) is 0 Å². The Hall–Kier alpha value is -2.85. The summed E-state index contributed by atoms with van der Waals surface area (Å²) in [6.45, 7) is 0. The van der Waals surface area contributed by atoms with E-state index in [1.807, 2.05) is 0 Å². The van der Waals surface area contributed by atoms with Gasteiger partial charge < -0.3 is 20.3 Å². The Bertz CT molecular complexity index is 811. The van der Waals surface area contributed by atoms with Gasteiger partial charge in [-0.05, 0) is 23.6 Å². The van der Waals surface area contributed by atoms with Crippen LogP contribution in [0.4, 0.5) is 0 Å². The summed E-state index contributed by atoms with van der Waals surface area (Å²) in [6, 6.07) is 8.07. The molecule has 2 amide bonds. The van der Waals surface area contributed by atoms with Crippen LogP contribution in [0.2, 0.25) is 0 Å². The normalized spacial score (nSPS) is 25.8. The fourth-order valence-corrected chi connectivity index (χ4v) is 4.18. The molecule has 3 N–H and O–H groups in total. The highest BCUT2D eigenvalue weighted by molar-refractivity contribution is 8.03. The SMILES string of the molecule is COC1(NC(=O)c2ccccc2)C(=O)N2C1SC=CC2(C(=O)O)C(=O)O. The Morgan fingerprint density at radius 3 is 2.35 bits per heavy atom. The first kappa shape index (κ1) is 18.0. The molecule has 2 unspecified atom stereocenters. The zero-order chi connectivity index (χ0) is 19.1. The van der Waals surface area contributed by atoms with Crippen LogP contribution in [-0.4, -0.2) is 62.6 Å². The summed E-state index contributed by atoms with van der Waals surface area (Å²) in [5.41, 5.74) is -4.14. The van der Waals surface area contributed by atoms with Gasteiger partial charge in [-0.3, -0.25) is 14.5 Å². The van der Waals surface area contributed by atoms with E-state index in [9.17, 15) is 29.4 Å². The Kier molecular flexibility index (Phi) is 4.24. The van der Waals surface area contributed by atoms with Crippen molar-refractivity contribution in [1.82, 2.24) is 10.2 Å². The number of fused-ring (bicyclic) bond motifs is 1. The van der Waals surface area contributed by atoms with Gasteiger partial charge in [-0.15, -0.1) is 11.8 Å². The van der Waals surface area contributed by atoms with Gasteiger partial charge in [-0.25, -0.2) is 9.59 Å². The number of ether oxygens (including phenoxy) is 1. The average Bonchev–Trinajstić information content (AvgIpc) is 2.65. The molecule has 2 aliphatic heterocycles. The van der Waals surface area contributed by atoms with Gasteiger partial charge in [-0.1, -0.05) is 18.2 Å². The topological polar surface area (TPSA) is 133 Å². The van der Waals surface area contributed by atoms with Gasteiger partial charge in [0.25, 0.3) is 23.1 Å². The minimum Gasteiger partial charge on any atom is -0.479 e. The molecule has 0 aliphatic carbocycles. The monoisotopic (exact) mass is 378 g/mol. The van der Waals surface area contributed by atoms with Crippen LogP contribution < -0.4 is 5.32 Å². The van der Waals surface area contributed by atoms with Crippen LogP contribution in [0.15, 0.2) is 41.8 Å². The number of methoxy groups -OCH3 is 1. The molecule has 0 radical (unpaired) electrons. The average molecular weight is 378 g/mol. The number of nitrogens with zero attached hydrogens (tertiary/aromatic N) is 1. The van der Waals surface area contributed by atoms with E-state index in [4.69, 9.17) is 4.74 Å². The smallest absolute Gasteiger partial charge is 0.345 e. The highest BCUT2D eigenvalue weighted by Gasteiger charge is 2.73. The molecule has 0 aromatic heterocycles. The van der Waals surface area contributed by atoms with E-state index in [0.717, 1.165) is 17.8 Å². The Morgan fingerprint density at radius 2 is 1.81 bits per heavy atom.